The highest BCUT2D eigenvalue weighted by Crippen LogP contribution is 2.24. The number of carboxylic acid groups (broad SMARTS) is 1. The van der Waals surface area contributed by atoms with Gasteiger partial charge in [0.05, 0.1) is 5.69 Å². The number of hydrogen-bond donors (Lipinski definition) is 2. The number of aldehydes is 1. The van der Waals surface area contributed by atoms with Crippen molar-refractivity contribution in [3.05, 3.63) is 27.5 Å². The Bertz CT molecular complexity index is 658. The number of rotatable bonds is 4. The molecule has 2 aromatic rings. The van der Waals surface area contributed by atoms with E-state index in [1.807, 2.05) is 0 Å². The van der Waals surface area contributed by atoms with Gasteiger partial charge in [0.25, 0.3) is 0 Å². The Morgan fingerprint density at radius 2 is 2.21 bits per heavy atom. The van der Waals surface area contributed by atoms with Crippen LogP contribution < -0.4 is 5.32 Å². The van der Waals surface area contributed by atoms with Crippen LogP contribution >= 0.6 is 22.9 Å². The first-order valence-corrected chi connectivity index (χ1v) is 6.16. The first kappa shape index (κ1) is 13.4. The van der Waals surface area contributed by atoms with Crippen LogP contribution in [0.5, 0.6) is 0 Å². The third-order valence-corrected chi connectivity index (χ3v) is 3.30. The number of nitrogens with zero attached hydrogens (tertiary/aromatic N) is 3. The second-order valence-electron chi connectivity index (χ2n) is 3.42. The average molecular weight is 299 g/mol. The van der Waals surface area contributed by atoms with Crippen molar-refractivity contribution in [2.45, 2.75) is 6.92 Å². The van der Waals surface area contributed by atoms with E-state index in [-0.39, 0.29) is 21.7 Å². The van der Waals surface area contributed by atoms with Crippen molar-refractivity contribution in [2.75, 3.05) is 5.32 Å². The van der Waals surface area contributed by atoms with Crippen molar-refractivity contribution in [3.8, 4) is 0 Å². The topological polar surface area (TPSA) is 105 Å². The number of aryl methyl sites for hydroxylation is 1. The lowest BCUT2D eigenvalue weighted by atomic mass is 10.4. The molecular weight excluding hydrogens is 292 g/mol. The molecule has 2 N–H and O–H groups in total. The van der Waals surface area contributed by atoms with Gasteiger partial charge in [-0.25, -0.2) is 19.7 Å². The van der Waals surface area contributed by atoms with Crippen LogP contribution in [-0.4, -0.2) is 32.3 Å². The van der Waals surface area contributed by atoms with Gasteiger partial charge in [0.15, 0.2) is 11.4 Å². The lowest BCUT2D eigenvalue weighted by molar-refractivity contribution is 0.0701. The van der Waals surface area contributed by atoms with E-state index in [9.17, 15) is 9.59 Å². The number of aromatic nitrogens is 3. The number of halogens is 1. The largest absolute Gasteiger partial charge is 0.477 e. The highest BCUT2D eigenvalue weighted by Gasteiger charge is 2.14. The predicted octanol–water partition coefficient (Wildman–Crippen LogP) is 2.15. The SMILES string of the molecule is Cc1nc(Nc2nc(Cl)cc(C=O)n2)sc1C(=O)O. The molecule has 0 bridgehead atoms. The molecule has 0 saturated heterocycles. The highest BCUT2D eigenvalue weighted by atomic mass is 35.5. The van der Waals surface area contributed by atoms with E-state index in [1.165, 1.54) is 6.07 Å². The summed E-state index contributed by atoms with van der Waals surface area (Å²) in [5.41, 5.74) is 0.506. The summed E-state index contributed by atoms with van der Waals surface area (Å²) in [5.74, 6) is -0.969. The molecule has 0 aliphatic rings. The summed E-state index contributed by atoms with van der Waals surface area (Å²) in [4.78, 5) is 33.4. The number of hydrogen-bond acceptors (Lipinski definition) is 7. The molecule has 0 amide bonds. The Balaban J connectivity index is 2.30. The number of anilines is 2. The van der Waals surface area contributed by atoms with Crippen molar-refractivity contribution in [1.29, 1.82) is 0 Å². The summed E-state index contributed by atoms with van der Waals surface area (Å²) in [6, 6.07) is 1.31. The molecule has 0 unspecified atom stereocenters. The van der Waals surface area contributed by atoms with Gasteiger partial charge in [-0.3, -0.25) is 10.1 Å². The molecule has 7 nitrogen and oxygen atoms in total. The number of thiazole rings is 1. The van der Waals surface area contributed by atoms with Crippen molar-refractivity contribution in [2.24, 2.45) is 0 Å². The van der Waals surface area contributed by atoms with E-state index in [2.05, 4.69) is 20.3 Å². The Morgan fingerprint density at radius 3 is 2.79 bits per heavy atom. The quantitative estimate of drug-likeness (QED) is 0.658. The van der Waals surface area contributed by atoms with Crippen LogP contribution in [0, 0.1) is 6.92 Å². The third kappa shape index (κ3) is 3.04. The summed E-state index contributed by atoms with van der Waals surface area (Å²) in [7, 11) is 0. The van der Waals surface area contributed by atoms with Crippen LogP contribution in [0.1, 0.15) is 25.9 Å². The maximum Gasteiger partial charge on any atom is 0.347 e. The van der Waals surface area contributed by atoms with Gasteiger partial charge in [0.2, 0.25) is 5.95 Å². The average Bonchev–Trinajstić information content (AvgIpc) is 2.69. The molecule has 0 atom stereocenters. The Morgan fingerprint density at radius 1 is 1.47 bits per heavy atom. The molecule has 0 spiro atoms. The second-order valence-corrected chi connectivity index (χ2v) is 4.81. The molecule has 2 heterocycles. The smallest absolute Gasteiger partial charge is 0.347 e. The molecule has 19 heavy (non-hydrogen) atoms. The van der Waals surface area contributed by atoms with E-state index >= 15 is 0 Å². The van der Waals surface area contributed by atoms with Crippen LogP contribution in [0.25, 0.3) is 0 Å². The summed E-state index contributed by atoms with van der Waals surface area (Å²) in [5, 5.41) is 12.0. The van der Waals surface area contributed by atoms with Gasteiger partial charge >= 0.3 is 5.97 Å². The molecule has 0 aliphatic heterocycles. The van der Waals surface area contributed by atoms with E-state index < -0.39 is 5.97 Å². The van der Waals surface area contributed by atoms with Gasteiger partial charge in [-0.2, -0.15) is 0 Å². The summed E-state index contributed by atoms with van der Waals surface area (Å²) in [6.45, 7) is 1.58. The fraction of sp³-hybridized carbons (Fsp3) is 0.100. The minimum atomic E-state index is -1.05. The van der Waals surface area contributed by atoms with E-state index in [4.69, 9.17) is 16.7 Å². The minimum Gasteiger partial charge on any atom is -0.477 e. The van der Waals surface area contributed by atoms with E-state index in [0.717, 1.165) is 11.3 Å². The molecule has 0 aromatic carbocycles. The molecule has 2 aromatic heterocycles. The van der Waals surface area contributed by atoms with Gasteiger partial charge < -0.3 is 5.11 Å². The summed E-state index contributed by atoms with van der Waals surface area (Å²) in [6.07, 6.45) is 0.536. The molecule has 0 aliphatic carbocycles. The normalized spacial score (nSPS) is 10.2. The lowest BCUT2D eigenvalue weighted by Crippen LogP contribution is -1.99. The molecule has 0 fully saturated rings. The molecule has 9 heteroatoms. The fourth-order valence-electron chi connectivity index (χ4n) is 1.30. The first-order chi connectivity index (χ1) is 8.99. The summed E-state index contributed by atoms with van der Waals surface area (Å²) < 4.78 is 0. The Labute approximate surface area is 116 Å². The highest BCUT2D eigenvalue weighted by molar-refractivity contribution is 7.17. The Kier molecular flexibility index (Phi) is 3.72. The number of carbonyl (C=O) groups excluding carboxylic acids is 1. The predicted molar refractivity (Wildman–Crippen MR) is 69.5 cm³/mol. The zero-order valence-electron chi connectivity index (χ0n) is 9.55. The second kappa shape index (κ2) is 5.29. The summed E-state index contributed by atoms with van der Waals surface area (Å²) >= 11 is 6.67. The number of nitrogens with one attached hydrogen (secondary N) is 1. The van der Waals surface area contributed by atoms with Gasteiger partial charge in [0, 0.05) is 6.07 Å². The van der Waals surface area contributed by atoms with Crippen LogP contribution in [0.3, 0.4) is 0 Å². The number of carboxylic acids is 1. The monoisotopic (exact) mass is 298 g/mol. The van der Waals surface area contributed by atoms with Crippen molar-refractivity contribution in [3.63, 3.8) is 0 Å². The number of aromatic carboxylic acids is 1. The van der Waals surface area contributed by atoms with Crippen LogP contribution in [0.4, 0.5) is 11.1 Å². The lowest BCUT2D eigenvalue weighted by Gasteiger charge is -2.01. The van der Waals surface area contributed by atoms with Gasteiger partial charge in [0.1, 0.15) is 15.7 Å². The van der Waals surface area contributed by atoms with Crippen LogP contribution in [-0.2, 0) is 0 Å². The maximum absolute atomic E-state index is 10.9. The van der Waals surface area contributed by atoms with Gasteiger partial charge in [-0.05, 0) is 6.92 Å². The first-order valence-electron chi connectivity index (χ1n) is 4.97. The number of carbonyl (C=O) groups is 2. The molecular formula is C10H7ClN4O3S. The fourth-order valence-corrected chi connectivity index (χ4v) is 2.29. The van der Waals surface area contributed by atoms with Crippen molar-refractivity contribution < 1.29 is 14.7 Å². The zero-order chi connectivity index (χ0) is 14.0. The maximum atomic E-state index is 10.9. The van der Waals surface area contributed by atoms with Crippen molar-refractivity contribution >= 4 is 46.3 Å². The van der Waals surface area contributed by atoms with Crippen molar-refractivity contribution in [1.82, 2.24) is 15.0 Å². The zero-order valence-corrected chi connectivity index (χ0v) is 11.1. The molecule has 2 rings (SSSR count). The van der Waals surface area contributed by atoms with Crippen LogP contribution in [0.15, 0.2) is 6.07 Å². The van der Waals surface area contributed by atoms with Gasteiger partial charge in [-0.15, -0.1) is 0 Å². The minimum absolute atomic E-state index is 0.0836. The third-order valence-electron chi connectivity index (χ3n) is 2.05. The van der Waals surface area contributed by atoms with E-state index in [0.29, 0.717) is 17.1 Å². The van der Waals surface area contributed by atoms with Gasteiger partial charge in [-0.1, -0.05) is 22.9 Å². The molecule has 0 saturated carbocycles. The standard InChI is InChI=1S/C10H7ClN4O3S/c1-4-7(8(17)18)19-10(12-4)15-9-13-5(3-16)2-6(11)14-9/h2-3H,1H3,(H,17,18)(H,12,13,14,15). The van der Waals surface area contributed by atoms with E-state index in [1.54, 1.807) is 6.92 Å². The molecule has 0 radical (unpaired) electrons. The Hall–Kier alpha value is -2.06. The van der Waals surface area contributed by atoms with Crippen LogP contribution in [0.2, 0.25) is 5.15 Å². The molecule has 98 valence electrons.